The van der Waals surface area contributed by atoms with E-state index in [0.29, 0.717) is 22.3 Å². The third kappa shape index (κ3) is 3.80. The van der Waals surface area contributed by atoms with Crippen LogP contribution in [0.25, 0.3) is 32.9 Å². The van der Waals surface area contributed by atoms with E-state index in [0.717, 1.165) is 37.7 Å². The number of carbonyl (C=O) groups is 2. The van der Waals surface area contributed by atoms with E-state index in [1.54, 1.807) is 6.07 Å². The Morgan fingerprint density at radius 1 is 0.833 bits per heavy atom. The number of carbonyl (C=O) groups excluding carboxylic acids is 2. The highest BCUT2D eigenvalue weighted by Crippen LogP contribution is 2.42. The highest BCUT2D eigenvalue weighted by molar-refractivity contribution is 8.00. The summed E-state index contributed by atoms with van der Waals surface area (Å²) in [5, 5.41) is 2.60. The van der Waals surface area contributed by atoms with Crippen LogP contribution in [0.4, 0.5) is 0 Å². The predicted octanol–water partition coefficient (Wildman–Crippen LogP) is 6.30. The molecule has 0 aliphatic heterocycles. The number of ketones is 1. The van der Waals surface area contributed by atoms with Crippen molar-refractivity contribution >= 4 is 45.3 Å². The Bertz CT molecular complexity index is 1770. The number of fused-ring (bicyclic) bond motifs is 3. The lowest BCUT2D eigenvalue weighted by Crippen LogP contribution is -2.10. The number of esters is 1. The molecule has 0 N–H and O–H groups in total. The Labute approximate surface area is 210 Å². The zero-order valence-electron chi connectivity index (χ0n) is 19.4. The number of benzene rings is 4. The van der Waals surface area contributed by atoms with Crippen molar-refractivity contribution in [2.75, 3.05) is 5.75 Å². The molecule has 176 valence electrons. The Kier molecular flexibility index (Phi) is 5.46. The van der Waals surface area contributed by atoms with Crippen LogP contribution in [0.2, 0.25) is 0 Å². The van der Waals surface area contributed by atoms with Gasteiger partial charge in [0, 0.05) is 38.4 Å². The van der Waals surface area contributed by atoms with E-state index in [2.05, 4.69) is 0 Å². The number of rotatable bonds is 5. The summed E-state index contributed by atoms with van der Waals surface area (Å²) < 4.78 is 10.8. The van der Waals surface area contributed by atoms with Crippen molar-refractivity contribution in [3.63, 3.8) is 0 Å². The monoisotopic (exact) mass is 492 g/mol. The topological polar surface area (TPSA) is 73.6 Å². The summed E-state index contributed by atoms with van der Waals surface area (Å²) in [6.45, 7) is 1.90. The molecule has 0 fully saturated rings. The fourth-order valence-corrected chi connectivity index (χ4v) is 5.62. The average molecular weight is 493 g/mol. The molecule has 1 heterocycles. The van der Waals surface area contributed by atoms with Crippen LogP contribution in [0.1, 0.15) is 27.0 Å². The fourth-order valence-electron chi connectivity index (χ4n) is 4.77. The van der Waals surface area contributed by atoms with Gasteiger partial charge in [0.2, 0.25) is 0 Å². The van der Waals surface area contributed by atoms with Crippen molar-refractivity contribution in [1.82, 2.24) is 0 Å². The first-order chi connectivity index (χ1) is 17.5. The summed E-state index contributed by atoms with van der Waals surface area (Å²) in [4.78, 5) is 38.6. The van der Waals surface area contributed by atoms with E-state index < -0.39 is 11.6 Å². The van der Waals surface area contributed by atoms with Crippen LogP contribution in [-0.2, 0) is 16.1 Å². The van der Waals surface area contributed by atoms with E-state index >= 15 is 0 Å². The number of thioether (sulfide) groups is 1. The van der Waals surface area contributed by atoms with Gasteiger partial charge in [0.15, 0.2) is 5.78 Å². The molecular weight excluding hydrogens is 472 g/mol. The van der Waals surface area contributed by atoms with Crippen molar-refractivity contribution in [2.24, 2.45) is 0 Å². The minimum absolute atomic E-state index is 0.0139. The molecular formula is C30H20O5S. The largest absolute Gasteiger partial charge is 0.460 e. The Hall–Kier alpha value is -4.16. The lowest BCUT2D eigenvalue weighted by molar-refractivity contribution is -0.141. The molecule has 1 aliphatic rings. The quantitative estimate of drug-likeness (QED) is 0.160. The molecule has 0 saturated heterocycles. The fraction of sp³-hybridized carbons (Fsp3) is 0.100. The normalized spacial score (nSPS) is 12.1. The zero-order chi connectivity index (χ0) is 24.8. The maximum atomic E-state index is 13.1. The van der Waals surface area contributed by atoms with Crippen LogP contribution in [0.15, 0.2) is 93.0 Å². The van der Waals surface area contributed by atoms with Gasteiger partial charge in [-0.25, -0.2) is 4.79 Å². The molecule has 36 heavy (non-hydrogen) atoms. The molecule has 5 nitrogen and oxygen atoms in total. The minimum Gasteiger partial charge on any atom is -0.460 e. The van der Waals surface area contributed by atoms with Gasteiger partial charge in [0.1, 0.15) is 12.2 Å². The van der Waals surface area contributed by atoms with Gasteiger partial charge in [0.25, 0.3) is 0 Å². The Morgan fingerprint density at radius 2 is 1.64 bits per heavy atom. The zero-order valence-corrected chi connectivity index (χ0v) is 20.2. The molecule has 1 aliphatic carbocycles. The van der Waals surface area contributed by atoms with Crippen LogP contribution in [0.5, 0.6) is 0 Å². The van der Waals surface area contributed by atoms with E-state index in [1.165, 1.54) is 17.8 Å². The SMILES string of the molecule is Cc1ccc2c(COC(=O)CSc3ccc4c5c(cccc35)C(=O)c3ccccc3-4)cc(=O)oc2c1. The molecule has 0 saturated carbocycles. The predicted molar refractivity (Wildman–Crippen MR) is 141 cm³/mol. The molecule has 0 unspecified atom stereocenters. The van der Waals surface area contributed by atoms with Gasteiger partial charge in [-0.05, 0) is 41.1 Å². The van der Waals surface area contributed by atoms with Gasteiger partial charge < -0.3 is 9.15 Å². The minimum atomic E-state index is -0.478. The molecule has 0 bridgehead atoms. The van der Waals surface area contributed by atoms with Crippen molar-refractivity contribution in [2.45, 2.75) is 18.4 Å². The van der Waals surface area contributed by atoms with Crippen LogP contribution < -0.4 is 5.63 Å². The summed E-state index contributed by atoms with van der Waals surface area (Å²) in [6.07, 6.45) is 0. The van der Waals surface area contributed by atoms with Gasteiger partial charge in [-0.15, -0.1) is 11.8 Å². The first-order valence-electron chi connectivity index (χ1n) is 11.5. The number of hydrogen-bond donors (Lipinski definition) is 0. The molecule has 5 aromatic rings. The van der Waals surface area contributed by atoms with Crippen molar-refractivity contribution in [3.8, 4) is 11.1 Å². The molecule has 0 radical (unpaired) electrons. The van der Waals surface area contributed by atoms with Gasteiger partial charge in [0.05, 0.1) is 5.75 Å². The van der Waals surface area contributed by atoms with Crippen molar-refractivity contribution in [3.05, 3.63) is 112 Å². The van der Waals surface area contributed by atoms with Gasteiger partial charge >= 0.3 is 11.6 Å². The van der Waals surface area contributed by atoms with Crippen LogP contribution in [0, 0.1) is 6.92 Å². The third-order valence-corrected chi connectivity index (χ3v) is 7.47. The van der Waals surface area contributed by atoms with Gasteiger partial charge in [-0.2, -0.15) is 0 Å². The van der Waals surface area contributed by atoms with E-state index in [4.69, 9.17) is 9.15 Å². The Morgan fingerprint density at radius 3 is 2.50 bits per heavy atom. The lowest BCUT2D eigenvalue weighted by atomic mass is 9.83. The summed E-state index contributed by atoms with van der Waals surface area (Å²) in [6, 6.07) is 24.3. The van der Waals surface area contributed by atoms with Crippen molar-refractivity contribution < 1.29 is 18.7 Å². The highest BCUT2D eigenvalue weighted by Gasteiger charge is 2.25. The second-order valence-corrected chi connectivity index (χ2v) is 9.77. The molecule has 0 spiro atoms. The standard InChI is InChI=1S/C30H20O5S/c1-17-9-10-19-18(14-27(31)35-25(19)13-17)15-34-28(32)16-36-26-12-11-21-20-5-2-3-6-22(20)30(33)24-8-4-7-23(26)29(21)24/h2-14H,15-16H2,1H3. The van der Waals surface area contributed by atoms with Crippen LogP contribution in [0.3, 0.4) is 0 Å². The number of hydrogen-bond acceptors (Lipinski definition) is 6. The van der Waals surface area contributed by atoms with E-state index in [-0.39, 0.29) is 18.1 Å². The molecule has 1 aromatic heterocycles. The average Bonchev–Trinajstić information content (AvgIpc) is 2.89. The number of ether oxygens (including phenoxy) is 1. The number of aryl methyl sites for hydroxylation is 1. The van der Waals surface area contributed by atoms with Crippen LogP contribution >= 0.6 is 11.8 Å². The van der Waals surface area contributed by atoms with E-state index in [1.807, 2.05) is 73.7 Å². The first kappa shape index (κ1) is 22.3. The summed E-state index contributed by atoms with van der Waals surface area (Å²) in [7, 11) is 0. The van der Waals surface area contributed by atoms with Gasteiger partial charge in [-0.1, -0.05) is 60.7 Å². The third-order valence-electron chi connectivity index (χ3n) is 6.43. The second-order valence-electron chi connectivity index (χ2n) is 8.75. The summed E-state index contributed by atoms with van der Waals surface area (Å²) in [5.74, 6) is -0.280. The molecule has 6 heteroatoms. The lowest BCUT2D eigenvalue weighted by Gasteiger charge is -2.21. The van der Waals surface area contributed by atoms with Gasteiger partial charge in [-0.3, -0.25) is 9.59 Å². The Balaban J connectivity index is 1.24. The molecule has 6 rings (SSSR count). The summed E-state index contributed by atoms with van der Waals surface area (Å²) in [5.41, 5.74) is 4.91. The molecule has 0 amide bonds. The molecule has 4 aromatic carbocycles. The maximum Gasteiger partial charge on any atom is 0.336 e. The summed E-state index contributed by atoms with van der Waals surface area (Å²) >= 11 is 1.37. The second kappa shape index (κ2) is 8.81. The highest BCUT2D eigenvalue weighted by atomic mass is 32.2. The van der Waals surface area contributed by atoms with E-state index in [9.17, 15) is 14.4 Å². The first-order valence-corrected chi connectivity index (χ1v) is 12.5. The maximum absolute atomic E-state index is 13.1. The smallest absolute Gasteiger partial charge is 0.336 e. The van der Waals surface area contributed by atoms with Crippen molar-refractivity contribution in [1.29, 1.82) is 0 Å². The molecule has 0 atom stereocenters. The van der Waals surface area contributed by atoms with Crippen LogP contribution in [-0.4, -0.2) is 17.5 Å².